The predicted molar refractivity (Wildman–Crippen MR) is 102 cm³/mol. The number of benzene rings is 2. The summed E-state index contributed by atoms with van der Waals surface area (Å²) in [7, 11) is -3.56. The van der Waals surface area contributed by atoms with Crippen molar-refractivity contribution in [2.24, 2.45) is 0 Å². The van der Waals surface area contributed by atoms with Crippen LogP contribution in [-0.2, 0) is 14.8 Å². The summed E-state index contributed by atoms with van der Waals surface area (Å²) in [5.41, 5.74) is 4.56. The molecule has 0 aromatic heterocycles. The Morgan fingerprint density at radius 2 is 1.72 bits per heavy atom. The van der Waals surface area contributed by atoms with Crippen LogP contribution >= 0.6 is 0 Å². The highest BCUT2D eigenvalue weighted by Gasteiger charge is 2.27. The summed E-state index contributed by atoms with van der Waals surface area (Å²) < 4.78 is 44.5. The molecule has 0 saturated carbocycles. The van der Waals surface area contributed by atoms with Gasteiger partial charge in [0.1, 0.15) is 11.6 Å². The molecule has 0 spiro atoms. The maximum atomic E-state index is 13.0. The Hall–Kier alpha value is -2.98. The van der Waals surface area contributed by atoms with Crippen molar-refractivity contribution in [2.75, 3.05) is 19.7 Å². The summed E-state index contributed by atoms with van der Waals surface area (Å²) in [6, 6.07) is 10.8. The van der Waals surface area contributed by atoms with E-state index in [2.05, 4.69) is 10.9 Å². The first-order valence-corrected chi connectivity index (χ1v) is 10.4. The van der Waals surface area contributed by atoms with Gasteiger partial charge in [0.25, 0.3) is 11.8 Å². The lowest BCUT2D eigenvalue weighted by Crippen LogP contribution is -2.43. The van der Waals surface area contributed by atoms with Crippen molar-refractivity contribution in [3.05, 3.63) is 59.9 Å². The van der Waals surface area contributed by atoms with Gasteiger partial charge < -0.3 is 4.74 Å². The molecule has 2 N–H and O–H groups in total. The minimum atomic E-state index is -3.56. The largest absolute Gasteiger partial charge is 0.484 e. The van der Waals surface area contributed by atoms with Crippen molar-refractivity contribution in [3.63, 3.8) is 0 Å². The zero-order valence-electron chi connectivity index (χ0n) is 15.4. The molecule has 0 bridgehead atoms. The van der Waals surface area contributed by atoms with E-state index in [0.717, 1.165) is 18.9 Å². The lowest BCUT2D eigenvalue weighted by Gasteiger charge is -2.15. The Morgan fingerprint density at radius 3 is 2.38 bits per heavy atom. The first-order chi connectivity index (χ1) is 13.9. The van der Waals surface area contributed by atoms with E-state index in [1.165, 1.54) is 46.8 Å². The second kappa shape index (κ2) is 9.01. The van der Waals surface area contributed by atoms with Gasteiger partial charge in [0, 0.05) is 24.7 Å². The van der Waals surface area contributed by atoms with Gasteiger partial charge in [0.05, 0.1) is 4.90 Å². The fraction of sp³-hybridized carbons (Fsp3) is 0.263. The molecule has 1 heterocycles. The van der Waals surface area contributed by atoms with Crippen molar-refractivity contribution in [1.82, 2.24) is 15.2 Å². The van der Waals surface area contributed by atoms with Crippen LogP contribution in [0.4, 0.5) is 4.39 Å². The SMILES string of the molecule is O=C(COc1cccc(F)c1)NNC(=O)c1ccc(S(=O)(=O)N2CCCC2)cc1. The number of hydrogen-bond donors (Lipinski definition) is 2. The molecule has 3 rings (SSSR count). The molecule has 0 atom stereocenters. The summed E-state index contributed by atoms with van der Waals surface area (Å²) in [4.78, 5) is 24.0. The number of nitrogens with one attached hydrogen (secondary N) is 2. The highest BCUT2D eigenvalue weighted by molar-refractivity contribution is 7.89. The highest BCUT2D eigenvalue weighted by Crippen LogP contribution is 2.21. The standard InChI is InChI=1S/C19H20FN3O5S/c20-15-4-3-5-16(12-15)28-13-18(24)21-22-19(25)14-6-8-17(9-7-14)29(26,27)23-10-1-2-11-23/h3-9,12H,1-2,10-11,13H2,(H,21,24)(H,22,25). The molecule has 1 saturated heterocycles. The van der Waals surface area contributed by atoms with Crippen LogP contribution in [0, 0.1) is 5.82 Å². The third-order valence-electron chi connectivity index (χ3n) is 4.30. The van der Waals surface area contributed by atoms with Gasteiger partial charge >= 0.3 is 0 Å². The highest BCUT2D eigenvalue weighted by atomic mass is 32.2. The van der Waals surface area contributed by atoms with Crippen molar-refractivity contribution in [3.8, 4) is 5.75 Å². The van der Waals surface area contributed by atoms with Crippen LogP contribution in [0.3, 0.4) is 0 Å². The maximum Gasteiger partial charge on any atom is 0.276 e. The first-order valence-electron chi connectivity index (χ1n) is 8.94. The Morgan fingerprint density at radius 1 is 1.03 bits per heavy atom. The summed E-state index contributed by atoms with van der Waals surface area (Å²) in [6.45, 7) is 0.569. The summed E-state index contributed by atoms with van der Waals surface area (Å²) >= 11 is 0. The molecule has 10 heteroatoms. The second-order valence-corrected chi connectivity index (χ2v) is 8.32. The molecule has 2 aromatic rings. The average molecular weight is 421 g/mol. The predicted octanol–water partition coefficient (Wildman–Crippen LogP) is 1.45. The minimum Gasteiger partial charge on any atom is -0.484 e. The fourth-order valence-corrected chi connectivity index (χ4v) is 4.31. The van der Waals surface area contributed by atoms with E-state index >= 15 is 0 Å². The number of carbonyl (C=O) groups is 2. The van der Waals surface area contributed by atoms with Gasteiger partial charge in [-0.15, -0.1) is 0 Å². The fourth-order valence-electron chi connectivity index (χ4n) is 2.80. The zero-order chi connectivity index (χ0) is 20.9. The molecule has 0 unspecified atom stereocenters. The van der Waals surface area contributed by atoms with E-state index in [4.69, 9.17) is 4.74 Å². The Bertz CT molecular complexity index is 989. The van der Waals surface area contributed by atoms with Crippen molar-refractivity contribution in [2.45, 2.75) is 17.7 Å². The molecule has 0 aliphatic carbocycles. The first kappa shape index (κ1) is 20.7. The van der Waals surface area contributed by atoms with Crippen LogP contribution in [0.5, 0.6) is 5.75 Å². The van der Waals surface area contributed by atoms with Crippen LogP contribution in [0.15, 0.2) is 53.4 Å². The van der Waals surface area contributed by atoms with Gasteiger partial charge in [-0.3, -0.25) is 20.4 Å². The minimum absolute atomic E-state index is 0.114. The summed E-state index contributed by atoms with van der Waals surface area (Å²) in [5.74, 6) is -1.57. The van der Waals surface area contributed by atoms with E-state index in [-0.39, 0.29) is 16.2 Å². The van der Waals surface area contributed by atoms with Crippen LogP contribution < -0.4 is 15.6 Å². The van der Waals surface area contributed by atoms with E-state index in [9.17, 15) is 22.4 Å². The van der Waals surface area contributed by atoms with Gasteiger partial charge in [-0.1, -0.05) is 6.07 Å². The van der Waals surface area contributed by atoms with Crippen LogP contribution in [0.25, 0.3) is 0 Å². The topological polar surface area (TPSA) is 105 Å². The number of ether oxygens (including phenoxy) is 1. The summed E-state index contributed by atoms with van der Waals surface area (Å²) in [6.07, 6.45) is 1.67. The average Bonchev–Trinajstić information content (AvgIpc) is 3.26. The monoisotopic (exact) mass is 421 g/mol. The zero-order valence-corrected chi connectivity index (χ0v) is 16.2. The third kappa shape index (κ3) is 5.30. The Kier molecular flexibility index (Phi) is 6.45. The van der Waals surface area contributed by atoms with Gasteiger partial charge in [0.2, 0.25) is 10.0 Å². The van der Waals surface area contributed by atoms with Gasteiger partial charge in [-0.25, -0.2) is 12.8 Å². The van der Waals surface area contributed by atoms with E-state index in [0.29, 0.717) is 13.1 Å². The number of amides is 2. The number of nitrogens with zero attached hydrogens (tertiary/aromatic N) is 1. The smallest absolute Gasteiger partial charge is 0.276 e. The molecule has 1 aliphatic heterocycles. The Labute approximate surface area is 167 Å². The van der Waals surface area contributed by atoms with Gasteiger partial charge in [-0.05, 0) is 49.2 Å². The van der Waals surface area contributed by atoms with Crippen molar-refractivity contribution < 1.29 is 27.1 Å². The van der Waals surface area contributed by atoms with E-state index < -0.39 is 34.3 Å². The molecule has 2 amide bonds. The van der Waals surface area contributed by atoms with Crippen molar-refractivity contribution >= 4 is 21.8 Å². The molecule has 1 aliphatic rings. The molecule has 29 heavy (non-hydrogen) atoms. The van der Waals surface area contributed by atoms with E-state index in [1.807, 2.05) is 0 Å². The molecular formula is C19H20FN3O5S. The lowest BCUT2D eigenvalue weighted by molar-refractivity contribution is -0.123. The van der Waals surface area contributed by atoms with Crippen LogP contribution in [-0.4, -0.2) is 44.2 Å². The maximum absolute atomic E-state index is 13.0. The second-order valence-electron chi connectivity index (χ2n) is 6.38. The molecule has 0 radical (unpaired) electrons. The summed E-state index contributed by atoms with van der Waals surface area (Å²) in [5, 5.41) is 0. The van der Waals surface area contributed by atoms with Crippen LogP contribution in [0.2, 0.25) is 0 Å². The Balaban J connectivity index is 1.51. The molecule has 1 fully saturated rings. The number of hydrogen-bond acceptors (Lipinski definition) is 5. The van der Waals surface area contributed by atoms with Gasteiger partial charge in [0.15, 0.2) is 6.61 Å². The molecule has 8 nitrogen and oxygen atoms in total. The van der Waals surface area contributed by atoms with Gasteiger partial charge in [-0.2, -0.15) is 4.31 Å². The molecule has 154 valence electrons. The van der Waals surface area contributed by atoms with E-state index in [1.54, 1.807) is 0 Å². The van der Waals surface area contributed by atoms with Crippen molar-refractivity contribution in [1.29, 1.82) is 0 Å². The third-order valence-corrected chi connectivity index (χ3v) is 6.21. The number of carbonyl (C=O) groups excluding carboxylic acids is 2. The molecular weight excluding hydrogens is 401 g/mol. The van der Waals surface area contributed by atoms with Crippen LogP contribution in [0.1, 0.15) is 23.2 Å². The normalized spacial score (nSPS) is 14.4. The number of rotatable bonds is 6. The lowest BCUT2D eigenvalue weighted by atomic mass is 10.2. The molecule has 2 aromatic carbocycles. The number of sulfonamides is 1. The number of hydrazine groups is 1. The quantitative estimate of drug-likeness (QED) is 0.687. The number of halogens is 1.